The predicted octanol–water partition coefficient (Wildman–Crippen LogP) is 2.86. The number of benzene rings is 1. The number of hydrogen-bond acceptors (Lipinski definition) is 6. The van der Waals surface area contributed by atoms with Crippen molar-refractivity contribution in [3.63, 3.8) is 0 Å². The number of esters is 2. The molecular formula is C21H26N2O6. The molecule has 0 unspecified atom stereocenters. The first-order chi connectivity index (χ1) is 13.8. The van der Waals surface area contributed by atoms with E-state index in [2.05, 4.69) is 5.32 Å². The number of anilines is 1. The molecule has 2 rings (SSSR count). The van der Waals surface area contributed by atoms with Crippen LogP contribution in [-0.2, 0) is 25.6 Å². The molecule has 0 bridgehead atoms. The second kappa shape index (κ2) is 9.77. The van der Waals surface area contributed by atoms with Gasteiger partial charge in [-0.1, -0.05) is 0 Å². The summed E-state index contributed by atoms with van der Waals surface area (Å²) in [7, 11) is 1.55. The van der Waals surface area contributed by atoms with Gasteiger partial charge in [0.25, 0.3) is 5.91 Å². The summed E-state index contributed by atoms with van der Waals surface area (Å²) in [4.78, 5) is 36.6. The van der Waals surface area contributed by atoms with Crippen molar-refractivity contribution in [1.29, 1.82) is 0 Å². The quantitative estimate of drug-likeness (QED) is 0.682. The SMILES string of the molecule is CCOC(=O)c1cc(C)n(CC(=O)O[C@@H](C)C(=O)Nc2ccc(OC)cc2)c1C. The highest BCUT2D eigenvalue weighted by Gasteiger charge is 2.21. The van der Waals surface area contributed by atoms with Crippen molar-refractivity contribution in [2.24, 2.45) is 0 Å². The lowest BCUT2D eigenvalue weighted by Gasteiger charge is -2.15. The first-order valence-corrected chi connectivity index (χ1v) is 9.25. The third kappa shape index (κ3) is 5.60. The average Bonchev–Trinajstić information content (AvgIpc) is 2.97. The van der Waals surface area contributed by atoms with E-state index in [1.807, 2.05) is 0 Å². The fourth-order valence-corrected chi connectivity index (χ4v) is 2.80. The van der Waals surface area contributed by atoms with Gasteiger partial charge in [0.1, 0.15) is 12.3 Å². The number of aryl methyl sites for hydroxylation is 1. The van der Waals surface area contributed by atoms with E-state index in [0.29, 0.717) is 22.7 Å². The monoisotopic (exact) mass is 402 g/mol. The standard InChI is InChI=1S/C21H26N2O6/c1-6-28-21(26)18-11-13(2)23(14(18)3)12-19(24)29-15(4)20(25)22-16-7-9-17(27-5)10-8-16/h7-11,15H,6,12H2,1-5H3,(H,22,25)/t15-/m0/s1. The second-order valence-corrected chi connectivity index (χ2v) is 6.44. The number of hydrogen-bond donors (Lipinski definition) is 1. The number of aromatic nitrogens is 1. The maximum atomic E-state index is 12.3. The van der Waals surface area contributed by atoms with E-state index in [9.17, 15) is 14.4 Å². The van der Waals surface area contributed by atoms with Gasteiger partial charge in [-0.3, -0.25) is 9.59 Å². The number of amides is 1. The largest absolute Gasteiger partial charge is 0.497 e. The highest BCUT2D eigenvalue weighted by molar-refractivity contribution is 5.95. The van der Waals surface area contributed by atoms with Crippen molar-refractivity contribution in [3.05, 3.63) is 47.3 Å². The number of rotatable bonds is 8. The highest BCUT2D eigenvalue weighted by Crippen LogP contribution is 2.17. The molecule has 8 heteroatoms. The van der Waals surface area contributed by atoms with Crippen LogP contribution in [0.1, 0.15) is 35.6 Å². The van der Waals surface area contributed by atoms with Crippen molar-refractivity contribution < 1.29 is 28.6 Å². The van der Waals surface area contributed by atoms with E-state index in [0.717, 1.165) is 5.69 Å². The molecule has 1 aromatic heterocycles. The van der Waals surface area contributed by atoms with Crippen molar-refractivity contribution in [2.45, 2.75) is 40.3 Å². The summed E-state index contributed by atoms with van der Waals surface area (Å²) >= 11 is 0. The molecule has 0 saturated carbocycles. The van der Waals surface area contributed by atoms with E-state index >= 15 is 0 Å². The molecule has 0 aliphatic carbocycles. The maximum absolute atomic E-state index is 12.3. The van der Waals surface area contributed by atoms with Gasteiger partial charge >= 0.3 is 11.9 Å². The summed E-state index contributed by atoms with van der Waals surface area (Å²) in [6, 6.07) is 8.47. The Balaban J connectivity index is 1.97. The smallest absolute Gasteiger partial charge is 0.339 e. The Morgan fingerprint density at radius 1 is 1.14 bits per heavy atom. The predicted molar refractivity (Wildman–Crippen MR) is 107 cm³/mol. The van der Waals surface area contributed by atoms with Crippen LogP contribution in [0.4, 0.5) is 5.69 Å². The summed E-state index contributed by atoms with van der Waals surface area (Å²) in [5.74, 6) is -0.800. The van der Waals surface area contributed by atoms with Crippen LogP contribution in [0, 0.1) is 13.8 Å². The molecule has 2 aromatic rings. The lowest BCUT2D eigenvalue weighted by atomic mass is 10.2. The molecule has 0 radical (unpaired) electrons. The highest BCUT2D eigenvalue weighted by atomic mass is 16.5. The molecular weight excluding hydrogens is 376 g/mol. The molecule has 29 heavy (non-hydrogen) atoms. The van der Waals surface area contributed by atoms with Gasteiger partial charge in [0.05, 0.1) is 19.3 Å². The Hall–Kier alpha value is -3.29. The normalized spacial score (nSPS) is 11.5. The van der Waals surface area contributed by atoms with Crippen molar-refractivity contribution in [2.75, 3.05) is 19.0 Å². The number of carbonyl (C=O) groups excluding carboxylic acids is 3. The van der Waals surface area contributed by atoms with Crippen LogP contribution in [0.3, 0.4) is 0 Å². The van der Waals surface area contributed by atoms with Crippen molar-refractivity contribution in [1.82, 2.24) is 4.57 Å². The molecule has 0 aliphatic rings. The molecule has 8 nitrogen and oxygen atoms in total. The molecule has 1 amide bonds. The molecule has 1 heterocycles. The van der Waals surface area contributed by atoms with Crippen LogP contribution < -0.4 is 10.1 Å². The maximum Gasteiger partial charge on any atom is 0.339 e. The summed E-state index contributed by atoms with van der Waals surface area (Å²) in [5, 5.41) is 2.68. The molecule has 156 valence electrons. The van der Waals surface area contributed by atoms with E-state index in [4.69, 9.17) is 14.2 Å². The number of methoxy groups -OCH3 is 1. The van der Waals surface area contributed by atoms with Crippen LogP contribution in [0.5, 0.6) is 5.75 Å². The van der Waals surface area contributed by atoms with Gasteiger partial charge in [0.15, 0.2) is 6.10 Å². The number of nitrogens with one attached hydrogen (secondary N) is 1. The minimum atomic E-state index is -0.981. The van der Waals surface area contributed by atoms with Gasteiger partial charge in [0, 0.05) is 17.1 Å². The van der Waals surface area contributed by atoms with E-state index in [1.165, 1.54) is 6.92 Å². The minimum absolute atomic E-state index is 0.114. The molecule has 0 aliphatic heterocycles. The van der Waals surface area contributed by atoms with E-state index in [1.54, 1.807) is 62.8 Å². The fourth-order valence-electron chi connectivity index (χ4n) is 2.80. The fraction of sp³-hybridized carbons (Fsp3) is 0.381. The number of ether oxygens (including phenoxy) is 3. The second-order valence-electron chi connectivity index (χ2n) is 6.44. The Morgan fingerprint density at radius 2 is 1.79 bits per heavy atom. The van der Waals surface area contributed by atoms with Gasteiger partial charge in [-0.25, -0.2) is 4.79 Å². The molecule has 1 atom stereocenters. The third-order valence-electron chi connectivity index (χ3n) is 4.39. The minimum Gasteiger partial charge on any atom is -0.497 e. The van der Waals surface area contributed by atoms with Gasteiger partial charge in [0.2, 0.25) is 0 Å². The summed E-state index contributed by atoms with van der Waals surface area (Å²) in [5.41, 5.74) is 2.29. The van der Waals surface area contributed by atoms with Crippen LogP contribution in [0.25, 0.3) is 0 Å². The summed E-state index contributed by atoms with van der Waals surface area (Å²) in [6.45, 7) is 6.89. The van der Waals surface area contributed by atoms with Gasteiger partial charge in [-0.15, -0.1) is 0 Å². The van der Waals surface area contributed by atoms with Crippen LogP contribution in [0.2, 0.25) is 0 Å². The Morgan fingerprint density at radius 3 is 2.38 bits per heavy atom. The molecule has 1 N–H and O–H groups in total. The van der Waals surface area contributed by atoms with E-state index in [-0.39, 0.29) is 13.2 Å². The summed E-state index contributed by atoms with van der Waals surface area (Å²) < 4.78 is 17.0. The third-order valence-corrected chi connectivity index (χ3v) is 4.39. The average molecular weight is 402 g/mol. The van der Waals surface area contributed by atoms with Crippen LogP contribution >= 0.6 is 0 Å². The zero-order chi connectivity index (χ0) is 21.6. The lowest BCUT2D eigenvalue weighted by Crippen LogP contribution is -2.31. The van der Waals surface area contributed by atoms with Crippen LogP contribution in [0.15, 0.2) is 30.3 Å². The summed E-state index contributed by atoms with van der Waals surface area (Å²) in [6.07, 6.45) is -0.981. The van der Waals surface area contributed by atoms with Gasteiger partial charge in [-0.05, 0) is 58.0 Å². The zero-order valence-corrected chi connectivity index (χ0v) is 17.3. The topological polar surface area (TPSA) is 95.9 Å². The van der Waals surface area contributed by atoms with Crippen molar-refractivity contribution in [3.8, 4) is 5.75 Å². The molecule has 0 spiro atoms. The van der Waals surface area contributed by atoms with Crippen molar-refractivity contribution >= 4 is 23.5 Å². The van der Waals surface area contributed by atoms with E-state index < -0.39 is 23.9 Å². The first-order valence-electron chi connectivity index (χ1n) is 9.25. The number of nitrogens with zero attached hydrogens (tertiary/aromatic N) is 1. The zero-order valence-electron chi connectivity index (χ0n) is 17.3. The lowest BCUT2D eigenvalue weighted by molar-refractivity contribution is -0.153. The Kier molecular flexibility index (Phi) is 7.41. The molecule has 0 fully saturated rings. The van der Waals surface area contributed by atoms with Gasteiger partial charge < -0.3 is 24.1 Å². The Labute approximate surface area is 169 Å². The van der Waals surface area contributed by atoms with Gasteiger partial charge in [-0.2, -0.15) is 0 Å². The van der Waals surface area contributed by atoms with Crippen LogP contribution in [-0.4, -0.2) is 42.2 Å². The Bertz CT molecular complexity index is 885. The first kappa shape index (κ1) is 22.0. The molecule has 1 aromatic carbocycles. The molecule has 0 saturated heterocycles. The number of carbonyl (C=O) groups is 3.